The third-order valence-electron chi connectivity index (χ3n) is 6.72. The zero-order chi connectivity index (χ0) is 24.9. The topological polar surface area (TPSA) is 66.9 Å². The normalized spacial score (nSPS) is 20.9. The van der Waals surface area contributed by atoms with E-state index in [-0.39, 0.29) is 11.9 Å². The summed E-state index contributed by atoms with van der Waals surface area (Å²) in [6.07, 6.45) is 3.68. The number of likely N-dealkylation sites (tertiary alicyclic amines) is 1. The number of hydrogen-bond acceptors (Lipinski definition) is 4. The van der Waals surface area contributed by atoms with Gasteiger partial charge < -0.3 is 14.5 Å². The zero-order valence-corrected chi connectivity index (χ0v) is 20.8. The molecular weight excluding hydrogens is 487 g/mol. The maximum absolute atomic E-state index is 13.6. The van der Waals surface area contributed by atoms with Crippen LogP contribution in [0.4, 0.5) is 0 Å². The van der Waals surface area contributed by atoms with Crippen LogP contribution in [0.5, 0.6) is 0 Å². The van der Waals surface area contributed by atoms with Crippen molar-refractivity contribution in [1.82, 2.24) is 9.80 Å². The number of β-lactam (4-membered cyclic amide) rings is 1. The molecule has 3 atom stereocenters. The van der Waals surface area contributed by atoms with Crippen molar-refractivity contribution in [2.45, 2.75) is 55.4 Å². The van der Waals surface area contributed by atoms with E-state index in [1.54, 1.807) is 0 Å². The summed E-state index contributed by atoms with van der Waals surface area (Å²) in [6.45, 7) is 3.92. The number of rotatable bonds is 10. The smallest absolute Gasteiger partial charge is 0.334 e. The highest BCUT2D eigenvalue weighted by Crippen LogP contribution is 2.37. The third kappa shape index (κ3) is 5.09. The van der Waals surface area contributed by atoms with Crippen LogP contribution in [-0.2, 0) is 19.1 Å². The van der Waals surface area contributed by atoms with Gasteiger partial charge in [-0.3, -0.25) is 9.59 Å². The van der Waals surface area contributed by atoms with E-state index >= 15 is 0 Å². The molecule has 3 unspecified atom stereocenters. The number of esters is 1. The quantitative estimate of drug-likeness (QED) is 0.115. The molecule has 2 aromatic rings. The highest BCUT2D eigenvalue weighted by molar-refractivity contribution is 6.27. The number of nitrogens with zero attached hydrogens (tertiary/aromatic N) is 2. The van der Waals surface area contributed by atoms with Crippen molar-refractivity contribution in [2.75, 3.05) is 5.88 Å². The molecule has 0 radical (unpaired) electrons. The summed E-state index contributed by atoms with van der Waals surface area (Å²) in [4.78, 5) is 41.4. The Morgan fingerprint density at radius 2 is 1.63 bits per heavy atom. The molecule has 8 heteroatoms. The molecule has 0 aromatic heterocycles. The second-order valence-electron chi connectivity index (χ2n) is 8.89. The Bertz CT molecular complexity index is 1020. The molecule has 35 heavy (non-hydrogen) atoms. The number of carbonyl (C=O) groups excluding carboxylic acids is 3. The predicted octanol–water partition coefficient (Wildman–Crippen LogP) is 4.66. The monoisotopic (exact) mass is 514 g/mol. The van der Waals surface area contributed by atoms with Crippen molar-refractivity contribution in [3.8, 4) is 0 Å². The summed E-state index contributed by atoms with van der Waals surface area (Å²) < 4.78 is 5.99. The van der Waals surface area contributed by atoms with Crippen molar-refractivity contribution in [3.05, 3.63) is 83.9 Å². The largest absolute Gasteiger partial charge is 0.451 e. The first-order valence-electron chi connectivity index (χ1n) is 11.7. The average Bonchev–Trinajstić information content (AvgIpc) is 3.43. The lowest BCUT2D eigenvalue weighted by Crippen LogP contribution is -2.73. The van der Waals surface area contributed by atoms with Gasteiger partial charge in [0.15, 0.2) is 12.1 Å². The lowest BCUT2D eigenvalue weighted by molar-refractivity contribution is -0.171. The fourth-order valence-corrected chi connectivity index (χ4v) is 5.49. The molecule has 2 fully saturated rings. The Labute approximate surface area is 215 Å². The zero-order valence-electron chi connectivity index (χ0n) is 19.3. The van der Waals surface area contributed by atoms with E-state index in [0.717, 1.165) is 36.8 Å². The molecule has 1 heterocycles. The molecule has 0 N–H and O–H groups in total. The van der Waals surface area contributed by atoms with E-state index in [2.05, 4.69) is 6.58 Å². The Morgan fingerprint density at radius 3 is 2.09 bits per heavy atom. The van der Waals surface area contributed by atoms with E-state index < -0.39 is 35.6 Å². The molecule has 2 amide bonds. The van der Waals surface area contributed by atoms with Crippen LogP contribution in [0.3, 0.4) is 0 Å². The molecule has 1 aliphatic heterocycles. The fourth-order valence-electron chi connectivity index (χ4n) is 4.90. The number of carbonyl (C=O) groups is 3. The van der Waals surface area contributed by atoms with Gasteiger partial charge in [0.1, 0.15) is 11.5 Å². The SMILES string of the molecule is C=C(CCl)C(C(=O)OC(c1ccccc1)c1ccccc1)N1C(=O)C(N(C=O)C2CCCC2)C1Cl. The summed E-state index contributed by atoms with van der Waals surface area (Å²) in [5, 5.41) is 0. The number of alkyl halides is 2. The third-order valence-corrected chi connectivity index (χ3v) is 7.51. The van der Waals surface area contributed by atoms with Gasteiger partial charge in [-0.15, -0.1) is 11.6 Å². The van der Waals surface area contributed by atoms with Crippen LogP contribution in [0.25, 0.3) is 0 Å². The summed E-state index contributed by atoms with van der Waals surface area (Å²) in [5.74, 6) is -1.14. The van der Waals surface area contributed by atoms with Gasteiger partial charge in [-0.1, -0.05) is 91.7 Å². The van der Waals surface area contributed by atoms with Crippen LogP contribution in [0, 0.1) is 0 Å². The van der Waals surface area contributed by atoms with Crippen LogP contribution in [0.15, 0.2) is 72.8 Å². The number of benzene rings is 2. The lowest BCUT2D eigenvalue weighted by Gasteiger charge is -2.51. The molecule has 0 spiro atoms. The molecule has 2 aliphatic rings. The minimum Gasteiger partial charge on any atom is -0.451 e. The van der Waals surface area contributed by atoms with Crippen molar-refractivity contribution in [3.63, 3.8) is 0 Å². The highest BCUT2D eigenvalue weighted by atomic mass is 35.5. The molecule has 1 aliphatic carbocycles. The fraction of sp³-hybridized carbons (Fsp3) is 0.370. The molecule has 184 valence electrons. The van der Waals surface area contributed by atoms with Crippen LogP contribution in [0.2, 0.25) is 0 Å². The van der Waals surface area contributed by atoms with Gasteiger partial charge >= 0.3 is 5.97 Å². The standard InChI is InChI=1S/C27H28Cl2N2O4/c1-18(16-28)22(31-25(29)23(26(31)33)30(17-32)21-14-8-9-15-21)27(34)35-24(19-10-4-2-5-11-19)20-12-6-3-7-13-20/h2-7,10-13,17,21-25H,1,8-9,14-16H2. The van der Waals surface area contributed by atoms with E-state index in [9.17, 15) is 14.4 Å². The summed E-state index contributed by atoms with van der Waals surface area (Å²) >= 11 is 12.7. The van der Waals surface area contributed by atoms with Gasteiger partial charge in [0.2, 0.25) is 6.41 Å². The van der Waals surface area contributed by atoms with Crippen LogP contribution >= 0.6 is 23.2 Å². The number of ether oxygens (including phenoxy) is 1. The van der Waals surface area contributed by atoms with Crippen molar-refractivity contribution < 1.29 is 19.1 Å². The highest BCUT2D eigenvalue weighted by Gasteiger charge is 2.56. The van der Waals surface area contributed by atoms with Gasteiger partial charge in [-0.05, 0) is 29.5 Å². The molecule has 6 nitrogen and oxygen atoms in total. The Kier molecular flexibility index (Phi) is 8.14. The number of halogens is 2. The summed E-state index contributed by atoms with van der Waals surface area (Å²) in [6, 6.07) is 16.7. The van der Waals surface area contributed by atoms with Gasteiger partial charge in [0, 0.05) is 11.9 Å². The van der Waals surface area contributed by atoms with Crippen molar-refractivity contribution in [2.24, 2.45) is 0 Å². The molecular formula is C27H28Cl2N2O4. The Hall–Kier alpha value is -2.83. The maximum atomic E-state index is 13.6. The number of amides is 2. The van der Waals surface area contributed by atoms with E-state index in [4.69, 9.17) is 27.9 Å². The lowest BCUT2D eigenvalue weighted by atomic mass is 9.96. The van der Waals surface area contributed by atoms with Gasteiger partial charge in [-0.25, -0.2) is 4.79 Å². The first-order valence-corrected chi connectivity index (χ1v) is 12.7. The van der Waals surface area contributed by atoms with Crippen LogP contribution < -0.4 is 0 Å². The first-order chi connectivity index (χ1) is 17.0. The van der Waals surface area contributed by atoms with Crippen molar-refractivity contribution >= 4 is 41.5 Å². The van der Waals surface area contributed by atoms with Crippen LogP contribution in [-0.4, -0.2) is 57.6 Å². The summed E-state index contributed by atoms with van der Waals surface area (Å²) in [5.41, 5.74) is 0.974. The van der Waals surface area contributed by atoms with Gasteiger partial charge in [0.25, 0.3) is 5.91 Å². The number of hydrogen-bond donors (Lipinski definition) is 0. The Morgan fingerprint density at radius 1 is 1.09 bits per heavy atom. The first kappa shape index (κ1) is 25.3. The second-order valence-corrected chi connectivity index (χ2v) is 9.60. The Balaban J connectivity index is 1.58. The predicted molar refractivity (Wildman–Crippen MR) is 135 cm³/mol. The second kappa shape index (κ2) is 11.3. The molecule has 2 aromatic carbocycles. The minimum atomic E-state index is -1.16. The van der Waals surface area contributed by atoms with E-state index in [1.165, 1.54) is 9.80 Å². The molecule has 0 bridgehead atoms. The maximum Gasteiger partial charge on any atom is 0.334 e. The van der Waals surface area contributed by atoms with E-state index in [0.29, 0.717) is 12.0 Å². The van der Waals surface area contributed by atoms with Gasteiger partial charge in [-0.2, -0.15) is 0 Å². The molecule has 4 rings (SSSR count). The molecule has 1 saturated carbocycles. The van der Waals surface area contributed by atoms with Crippen LogP contribution in [0.1, 0.15) is 42.9 Å². The van der Waals surface area contributed by atoms with Crippen molar-refractivity contribution in [1.29, 1.82) is 0 Å². The summed E-state index contributed by atoms with van der Waals surface area (Å²) in [7, 11) is 0. The molecule has 1 saturated heterocycles. The van der Waals surface area contributed by atoms with E-state index in [1.807, 2.05) is 60.7 Å². The average molecular weight is 515 g/mol. The van der Waals surface area contributed by atoms with Gasteiger partial charge in [0.05, 0.1) is 0 Å². The minimum absolute atomic E-state index is 0.0213.